The molecule has 0 saturated carbocycles. The number of nitrogens with two attached hydrogens (primary N) is 1. The Bertz CT molecular complexity index is 1140. The molecule has 1 aliphatic rings. The van der Waals surface area contributed by atoms with Crippen molar-refractivity contribution in [3.05, 3.63) is 83.7 Å². The fourth-order valence-electron chi connectivity index (χ4n) is 3.14. The predicted octanol–water partition coefficient (Wildman–Crippen LogP) is 3.34. The van der Waals surface area contributed by atoms with Crippen LogP contribution in [0.25, 0.3) is 5.57 Å². The number of primary amides is 1. The topological polar surface area (TPSA) is 114 Å². The van der Waals surface area contributed by atoms with Crippen molar-refractivity contribution < 1.29 is 23.8 Å². The number of nitrogens with one attached hydrogen (secondary N) is 2. The number of hydrogen-bond donors (Lipinski definition) is 4. The maximum absolute atomic E-state index is 13.2. The van der Waals surface area contributed by atoms with Gasteiger partial charge in [0.2, 0.25) is 5.79 Å². The van der Waals surface area contributed by atoms with Gasteiger partial charge < -0.3 is 26.2 Å². The normalized spacial score (nSPS) is 22.1. The summed E-state index contributed by atoms with van der Waals surface area (Å²) >= 11 is 11.8. The highest BCUT2D eigenvalue weighted by atomic mass is 35.5. The smallest absolute Gasteiger partial charge is 0.317 e. The van der Waals surface area contributed by atoms with E-state index in [0.29, 0.717) is 16.8 Å². The molecule has 32 heavy (non-hydrogen) atoms. The largest absolute Gasteiger partial charge is 0.360 e. The van der Waals surface area contributed by atoms with E-state index in [0.717, 1.165) is 0 Å². The molecule has 3 amide bonds. The summed E-state index contributed by atoms with van der Waals surface area (Å²) in [5.41, 5.74) is 6.86. The van der Waals surface area contributed by atoms with E-state index < -0.39 is 28.4 Å². The number of para-hydroxylation sites is 1. The Morgan fingerprint density at radius 1 is 1.19 bits per heavy atom. The van der Waals surface area contributed by atoms with Gasteiger partial charge in [-0.2, -0.15) is 0 Å². The highest BCUT2D eigenvalue weighted by Crippen LogP contribution is 2.42. The van der Waals surface area contributed by atoms with Crippen LogP contribution in [-0.4, -0.2) is 39.8 Å². The molecule has 7 nitrogen and oxygen atoms in total. The molecule has 2 aromatic rings. The van der Waals surface area contributed by atoms with Crippen LogP contribution in [0.3, 0.4) is 0 Å². The third-order valence-electron chi connectivity index (χ3n) is 4.84. The number of hydrogen-bond acceptors (Lipinski definition) is 5. The van der Waals surface area contributed by atoms with E-state index >= 15 is 0 Å². The van der Waals surface area contributed by atoms with Gasteiger partial charge in [-0.25, -0.2) is 9.18 Å². The molecule has 0 aliphatic heterocycles. The number of urea groups is 1. The summed E-state index contributed by atoms with van der Waals surface area (Å²) < 4.78 is 18.3. The van der Waals surface area contributed by atoms with E-state index in [9.17, 15) is 19.1 Å². The van der Waals surface area contributed by atoms with Gasteiger partial charge in [-0.3, -0.25) is 4.79 Å². The fraction of sp³-hybridized carbons (Fsp3) is 0.136. The van der Waals surface area contributed by atoms with Crippen molar-refractivity contribution in [1.29, 1.82) is 0 Å². The van der Waals surface area contributed by atoms with E-state index in [1.807, 2.05) is 0 Å². The number of rotatable bonds is 5. The number of methoxy groups -OCH3 is 1. The molecule has 2 unspecified atom stereocenters. The zero-order valence-electron chi connectivity index (χ0n) is 16.8. The molecule has 0 spiro atoms. The standard InChI is InChI=1S/C22H19ClFN3O4S/c1-31-22(30)11-10-14(12-21(22,23)19(32)27-20(25)29)16-4-2-3-5-17(16)26-18(28)13-6-8-15(24)9-7-13/h2-12,30H,1H3,(H,26,28)(H3,25,27,29,32). The number of aliphatic hydroxyl groups is 1. The molecule has 5 N–H and O–H groups in total. The Hall–Kier alpha value is -3.11. The van der Waals surface area contributed by atoms with Gasteiger partial charge >= 0.3 is 6.03 Å². The summed E-state index contributed by atoms with van der Waals surface area (Å²) in [6.45, 7) is 0. The number of carbonyl (C=O) groups is 2. The Balaban J connectivity index is 2.00. The van der Waals surface area contributed by atoms with Crippen molar-refractivity contribution in [2.75, 3.05) is 12.4 Å². The van der Waals surface area contributed by atoms with Crippen molar-refractivity contribution >= 4 is 52.0 Å². The second-order valence-electron chi connectivity index (χ2n) is 6.87. The maximum atomic E-state index is 13.2. The lowest BCUT2D eigenvalue weighted by Gasteiger charge is -2.40. The zero-order valence-corrected chi connectivity index (χ0v) is 18.3. The molecule has 1 aliphatic carbocycles. The molecule has 2 aromatic carbocycles. The van der Waals surface area contributed by atoms with Gasteiger partial charge in [0, 0.05) is 23.9 Å². The van der Waals surface area contributed by atoms with Crippen LogP contribution in [0.5, 0.6) is 0 Å². The Morgan fingerprint density at radius 3 is 2.47 bits per heavy atom. The molecule has 166 valence electrons. The molecular formula is C22H19ClFN3O4S. The number of allylic oxidation sites excluding steroid dienone is 2. The van der Waals surface area contributed by atoms with Crippen LogP contribution >= 0.6 is 23.8 Å². The molecule has 0 heterocycles. The predicted molar refractivity (Wildman–Crippen MR) is 124 cm³/mol. The molecule has 0 aromatic heterocycles. The number of amides is 3. The lowest BCUT2D eigenvalue weighted by atomic mass is 9.86. The highest BCUT2D eigenvalue weighted by molar-refractivity contribution is 7.80. The Labute approximate surface area is 193 Å². The maximum Gasteiger partial charge on any atom is 0.317 e. The minimum atomic E-state index is -2.08. The first-order valence-corrected chi connectivity index (χ1v) is 10.0. The molecular weight excluding hydrogens is 457 g/mol. The number of carbonyl (C=O) groups excluding carboxylic acids is 2. The molecule has 3 rings (SSSR count). The first kappa shape index (κ1) is 23.6. The number of alkyl halides is 1. The second kappa shape index (κ2) is 9.17. The van der Waals surface area contributed by atoms with Crippen LogP contribution < -0.4 is 16.4 Å². The van der Waals surface area contributed by atoms with Crippen molar-refractivity contribution in [2.45, 2.75) is 10.7 Å². The van der Waals surface area contributed by atoms with Crippen LogP contribution in [0.1, 0.15) is 15.9 Å². The van der Waals surface area contributed by atoms with Gasteiger partial charge in [0.25, 0.3) is 5.91 Å². The molecule has 2 atom stereocenters. The van der Waals surface area contributed by atoms with Crippen LogP contribution in [0.4, 0.5) is 14.9 Å². The summed E-state index contributed by atoms with van der Waals surface area (Å²) in [4.78, 5) is 21.8. The van der Waals surface area contributed by atoms with E-state index in [4.69, 9.17) is 34.3 Å². The molecule has 0 bridgehead atoms. The summed E-state index contributed by atoms with van der Waals surface area (Å²) in [7, 11) is 1.23. The van der Waals surface area contributed by atoms with Gasteiger partial charge in [-0.15, -0.1) is 11.6 Å². The van der Waals surface area contributed by atoms with Crippen LogP contribution in [0, 0.1) is 5.82 Å². The van der Waals surface area contributed by atoms with Crippen LogP contribution in [0.15, 0.2) is 66.8 Å². The van der Waals surface area contributed by atoms with Gasteiger partial charge in [-0.1, -0.05) is 36.5 Å². The third-order valence-corrected chi connectivity index (χ3v) is 5.94. The second-order valence-corrected chi connectivity index (χ2v) is 7.87. The summed E-state index contributed by atoms with van der Waals surface area (Å²) in [5.74, 6) is -2.98. The van der Waals surface area contributed by atoms with Crippen LogP contribution in [-0.2, 0) is 4.74 Å². The quantitative estimate of drug-likeness (QED) is 0.301. The van der Waals surface area contributed by atoms with Gasteiger partial charge in [0.15, 0.2) is 4.87 Å². The van der Waals surface area contributed by atoms with Gasteiger partial charge in [0.1, 0.15) is 10.8 Å². The number of anilines is 1. The van der Waals surface area contributed by atoms with Gasteiger partial charge in [-0.05, 0) is 48.1 Å². The third kappa shape index (κ3) is 4.56. The first-order chi connectivity index (χ1) is 15.1. The fourth-order valence-corrected chi connectivity index (χ4v) is 3.76. The number of ether oxygens (including phenoxy) is 1. The summed E-state index contributed by atoms with van der Waals surface area (Å²) in [6, 6.07) is 11.0. The Kier molecular flexibility index (Phi) is 6.75. The van der Waals surface area contributed by atoms with E-state index in [-0.39, 0.29) is 10.6 Å². The minimum Gasteiger partial charge on any atom is -0.360 e. The number of halogens is 2. The average Bonchev–Trinajstić information content (AvgIpc) is 2.76. The van der Waals surface area contributed by atoms with E-state index in [1.165, 1.54) is 43.5 Å². The molecule has 0 saturated heterocycles. The Morgan fingerprint density at radius 2 is 1.84 bits per heavy atom. The van der Waals surface area contributed by atoms with Crippen LogP contribution in [0.2, 0.25) is 0 Å². The molecule has 0 fully saturated rings. The SMILES string of the molecule is COC1(O)C=CC(c2ccccc2NC(=O)c2ccc(F)cc2)=CC1(Cl)C(=S)NC(N)=O. The van der Waals surface area contributed by atoms with Crippen molar-refractivity contribution in [1.82, 2.24) is 5.32 Å². The number of benzene rings is 2. The summed E-state index contributed by atoms with van der Waals surface area (Å²) in [5, 5.41) is 15.8. The first-order valence-electron chi connectivity index (χ1n) is 9.25. The van der Waals surface area contributed by atoms with Crippen molar-refractivity contribution in [3.8, 4) is 0 Å². The lowest BCUT2D eigenvalue weighted by Crippen LogP contribution is -2.59. The monoisotopic (exact) mass is 475 g/mol. The highest BCUT2D eigenvalue weighted by Gasteiger charge is 2.52. The lowest BCUT2D eigenvalue weighted by molar-refractivity contribution is -0.151. The van der Waals surface area contributed by atoms with Crippen molar-refractivity contribution in [2.24, 2.45) is 5.73 Å². The van der Waals surface area contributed by atoms with Gasteiger partial charge in [0.05, 0.1) is 0 Å². The van der Waals surface area contributed by atoms with E-state index in [1.54, 1.807) is 30.3 Å². The minimum absolute atomic E-state index is 0.265. The number of thiocarbonyl (C=S) groups is 1. The molecule has 0 radical (unpaired) electrons. The average molecular weight is 476 g/mol. The van der Waals surface area contributed by atoms with E-state index in [2.05, 4.69) is 10.6 Å². The zero-order chi connectivity index (χ0) is 23.5. The molecule has 10 heteroatoms. The summed E-state index contributed by atoms with van der Waals surface area (Å²) in [6.07, 6.45) is 4.22. The van der Waals surface area contributed by atoms with Crippen molar-refractivity contribution in [3.63, 3.8) is 0 Å².